The predicted molar refractivity (Wildman–Crippen MR) is 89.8 cm³/mol. The van der Waals surface area contributed by atoms with E-state index in [0.29, 0.717) is 32.0 Å². The number of carbonyl (C=O) groups is 1. The van der Waals surface area contributed by atoms with E-state index in [-0.39, 0.29) is 12.4 Å². The number of unbranched alkanes of at least 4 members (excludes halogenated alkanes) is 1. The number of rotatable bonds is 8. The van der Waals surface area contributed by atoms with E-state index < -0.39 is 38.6 Å². The summed E-state index contributed by atoms with van der Waals surface area (Å²) in [5, 5.41) is 2.49. The summed E-state index contributed by atoms with van der Waals surface area (Å²) in [6.45, 7) is 2.03. The SMILES string of the molecule is CC(NS(=O)(=O)c1ccccc1C(F)(F)F)C(=O)NCCCCN.Cl. The van der Waals surface area contributed by atoms with Gasteiger partial charge in [-0.1, -0.05) is 12.1 Å². The third-order valence-corrected chi connectivity index (χ3v) is 4.74. The number of amides is 1. The van der Waals surface area contributed by atoms with Gasteiger partial charge in [-0.05, 0) is 38.4 Å². The highest BCUT2D eigenvalue weighted by Crippen LogP contribution is 2.33. The van der Waals surface area contributed by atoms with Crippen molar-refractivity contribution in [2.75, 3.05) is 13.1 Å². The summed E-state index contributed by atoms with van der Waals surface area (Å²) in [4.78, 5) is 10.9. The minimum atomic E-state index is -4.82. The van der Waals surface area contributed by atoms with E-state index in [1.165, 1.54) is 13.0 Å². The van der Waals surface area contributed by atoms with Gasteiger partial charge in [0.15, 0.2) is 0 Å². The van der Waals surface area contributed by atoms with Crippen molar-refractivity contribution in [3.05, 3.63) is 29.8 Å². The average Bonchev–Trinajstić information content (AvgIpc) is 2.50. The summed E-state index contributed by atoms with van der Waals surface area (Å²) >= 11 is 0. The number of hydrogen-bond donors (Lipinski definition) is 3. The Bertz CT molecular complexity index is 669. The van der Waals surface area contributed by atoms with Gasteiger partial charge in [0.2, 0.25) is 15.9 Å². The summed E-state index contributed by atoms with van der Waals surface area (Å²) in [6, 6.07) is 2.58. The van der Waals surface area contributed by atoms with Crippen LogP contribution >= 0.6 is 12.4 Å². The Morgan fingerprint density at radius 1 is 1.24 bits per heavy atom. The Morgan fingerprint density at radius 2 is 1.84 bits per heavy atom. The van der Waals surface area contributed by atoms with Crippen LogP contribution < -0.4 is 15.8 Å². The normalized spacial score (nSPS) is 13.0. The molecule has 0 aliphatic heterocycles. The number of sulfonamides is 1. The first-order valence-electron chi connectivity index (χ1n) is 7.26. The molecule has 0 aliphatic rings. The fourth-order valence-corrected chi connectivity index (χ4v) is 3.35. The number of nitrogens with two attached hydrogens (primary N) is 1. The molecule has 0 saturated carbocycles. The second-order valence-electron chi connectivity index (χ2n) is 5.12. The number of alkyl halides is 3. The van der Waals surface area contributed by atoms with Gasteiger partial charge in [-0.3, -0.25) is 4.79 Å². The van der Waals surface area contributed by atoms with Gasteiger partial charge in [-0.2, -0.15) is 17.9 Å². The Labute approximate surface area is 150 Å². The molecule has 4 N–H and O–H groups in total. The lowest BCUT2D eigenvalue weighted by Crippen LogP contribution is -2.45. The fraction of sp³-hybridized carbons (Fsp3) is 0.500. The van der Waals surface area contributed by atoms with E-state index in [2.05, 4.69) is 5.32 Å². The summed E-state index contributed by atoms with van der Waals surface area (Å²) in [7, 11) is -4.50. The Morgan fingerprint density at radius 3 is 2.40 bits per heavy atom. The smallest absolute Gasteiger partial charge is 0.355 e. The zero-order chi connectivity index (χ0) is 18.4. The molecule has 25 heavy (non-hydrogen) atoms. The number of nitrogens with one attached hydrogen (secondary N) is 2. The summed E-state index contributed by atoms with van der Waals surface area (Å²) < 4.78 is 65.1. The molecule has 0 fully saturated rings. The largest absolute Gasteiger partial charge is 0.417 e. The molecule has 1 rings (SSSR count). The van der Waals surface area contributed by atoms with Gasteiger partial charge in [0.05, 0.1) is 16.5 Å². The van der Waals surface area contributed by atoms with Crippen LogP contribution in [0.1, 0.15) is 25.3 Å². The molecule has 1 unspecified atom stereocenters. The molecule has 1 aromatic rings. The number of carbonyl (C=O) groups excluding carboxylic acids is 1. The monoisotopic (exact) mass is 403 g/mol. The van der Waals surface area contributed by atoms with Crippen molar-refractivity contribution >= 4 is 28.3 Å². The van der Waals surface area contributed by atoms with E-state index in [4.69, 9.17) is 5.73 Å². The maximum atomic E-state index is 12.9. The molecule has 1 atom stereocenters. The summed E-state index contributed by atoms with van der Waals surface area (Å²) in [5.41, 5.74) is 4.02. The second-order valence-corrected chi connectivity index (χ2v) is 6.81. The lowest BCUT2D eigenvalue weighted by molar-refractivity contribution is -0.139. The maximum Gasteiger partial charge on any atom is 0.417 e. The quantitative estimate of drug-likeness (QED) is 0.574. The van der Waals surface area contributed by atoms with Crippen LogP contribution in [0, 0.1) is 0 Å². The second kappa shape index (κ2) is 9.95. The molecular formula is C14H21ClF3N3O3S. The molecule has 0 spiro atoms. The molecule has 11 heteroatoms. The molecule has 0 saturated heterocycles. The van der Waals surface area contributed by atoms with Crippen molar-refractivity contribution in [3.63, 3.8) is 0 Å². The minimum absolute atomic E-state index is 0. The molecular weight excluding hydrogens is 383 g/mol. The van der Waals surface area contributed by atoms with Gasteiger partial charge in [-0.25, -0.2) is 8.42 Å². The van der Waals surface area contributed by atoms with Gasteiger partial charge in [0, 0.05) is 6.54 Å². The number of hydrogen-bond acceptors (Lipinski definition) is 4. The van der Waals surface area contributed by atoms with Crippen molar-refractivity contribution in [2.45, 2.75) is 36.9 Å². The fourth-order valence-electron chi connectivity index (χ4n) is 1.92. The Kier molecular flexibility index (Phi) is 9.41. The molecule has 0 bridgehead atoms. The van der Waals surface area contributed by atoms with Crippen LogP contribution in [0.4, 0.5) is 13.2 Å². The van der Waals surface area contributed by atoms with Crippen molar-refractivity contribution in [1.82, 2.24) is 10.0 Å². The molecule has 0 aromatic heterocycles. The molecule has 1 aromatic carbocycles. The van der Waals surface area contributed by atoms with Crippen LogP contribution in [0.25, 0.3) is 0 Å². The zero-order valence-electron chi connectivity index (χ0n) is 13.5. The first-order valence-corrected chi connectivity index (χ1v) is 8.74. The minimum Gasteiger partial charge on any atom is -0.355 e. The van der Waals surface area contributed by atoms with Crippen LogP contribution in [-0.4, -0.2) is 33.5 Å². The van der Waals surface area contributed by atoms with Gasteiger partial charge in [0.25, 0.3) is 0 Å². The van der Waals surface area contributed by atoms with E-state index in [1.807, 2.05) is 4.72 Å². The molecule has 6 nitrogen and oxygen atoms in total. The summed E-state index contributed by atoms with van der Waals surface area (Å²) in [5.74, 6) is -0.625. The third kappa shape index (κ3) is 7.18. The molecule has 144 valence electrons. The third-order valence-electron chi connectivity index (χ3n) is 3.14. The first kappa shape index (κ1) is 23.6. The van der Waals surface area contributed by atoms with Crippen molar-refractivity contribution in [1.29, 1.82) is 0 Å². The van der Waals surface area contributed by atoms with Gasteiger partial charge in [0.1, 0.15) is 0 Å². The Balaban J connectivity index is 0.00000576. The highest BCUT2D eigenvalue weighted by molar-refractivity contribution is 7.89. The van der Waals surface area contributed by atoms with Gasteiger partial charge in [-0.15, -0.1) is 12.4 Å². The van der Waals surface area contributed by atoms with Crippen LogP contribution in [0.2, 0.25) is 0 Å². The summed E-state index contributed by atoms with van der Waals surface area (Å²) in [6.07, 6.45) is -3.50. The van der Waals surface area contributed by atoms with E-state index in [0.717, 1.165) is 12.1 Å². The highest BCUT2D eigenvalue weighted by Gasteiger charge is 2.37. The topological polar surface area (TPSA) is 101 Å². The van der Waals surface area contributed by atoms with Crippen LogP contribution in [0.3, 0.4) is 0 Å². The number of halogens is 4. The lowest BCUT2D eigenvalue weighted by atomic mass is 10.2. The molecule has 0 aliphatic carbocycles. The number of benzene rings is 1. The standard InChI is InChI=1S/C14H20F3N3O3S.ClH/c1-10(13(21)19-9-5-4-8-18)20-24(22,23)12-7-3-2-6-11(12)14(15,16)17;/h2-3,6-7,10,20H,4-5,8-9,18H2,1H3,(H,19,21);1H. The van der Waals surface area contributed by atoms with Gasteiger partial charge >= 0.3 is 6.18 Å². The maximum absolute atomic E-state index is 12.9. The lowest BCUT2D eigenvalue weighted by Gasteiger charge is -2.17. The molecule has 1 amide bonds. The zero-order valence-corrected chi connectivity index (χ0v) is 15.1. The highest BCUT2D eigenvalue weighted by atomic mass is 35.5. The van der Waals surface area contributed by atoms with Crippen LogP contribution in [0.5, 0.6) is 0 Å². The van der Waals surface area contributed by atoms with Gasteiger partial charge < -0.3 is 11.1 Å². The molecule has 0 heterocycles. The van der Waals surface area contributed by atoms with E-state index in [9.17, 15) is 26.4 Å². The van der Waals surface area contributed by atoms with Crippen LogP contribution in [-0.2, 0) is 21.0 Å². The Hall–Kier alpha value is -1.36. The van der Waals surface area contributed by atoms with Crippen molar-refractivity contribution in [2.24, 2.45) is 5.73 Å². The van der Waals surface area contributed by atoms with Crippen LogP contribution in [0.15, 0.2) is 29.2 Å². The van der Waals surface area contributed by atoms with Crippen molar-refractivity contribution in [3.8, 4) is 0 Å². The van der Waals surface area contributed by atoms with E-state index >= 15 is 0 Å². The average molecular weight is 404 g/mol. The molecule has 0 radical (unpaired) electrons. The van der Waals surface area contributed by atoms with Crippen molar-refractivity contribution < 1.29 is 26.4 Å². The van der Waals surface area contributed by atoms with E-state index in [1.54, 1.807) is 0 Å². The predicted octanol–water partition coefficient (Wildman–Crippen LogP) is 1.65. The first-order chi connectivity index (χ1) is 11.1.